The number of hydrogen-bond acceptors (Lipinski definition) is 3. The molecule has 1 aliphatic heterocycles. The highest BCUT2D eigenvalue weighted by molar-refractivity contribution is 5.85. The van der Waals surface area contributed by atoms with Gasteiger partial charge in [-0.3, -0.25) is 9.29 Å². The Morgan fingerprint density at radius 1 is 1.35 bits per heavy atom. The Labute approximate surface area is 124 Å². The number of hydrogen-bond donors (Lipinski definition) is 1. The van der Waals surface area contributed by atoms with Gasteiger partial charge in [-0.1, -0.05) is 6.07 Å². The lowest BCUT2D eigenvalue weighted by Gasteiger charge is -2.35. The van der Waals surface area contributed by atoms with Gasteiger partial charge in [0.1, 0.15) is 11.6 Å². The first-order valence-corrected chi connectivity index (χ1v) is 6.61. The first-order chi connectivity index (χ1) is 9.27. The summed E-state index contributed by atoms with van der Waals surface area (Å²) in [5, 5.41) is 3.25. The van der Waals surface area contributed by atoms with E-state index in [9.17, 15) is 8.78 Å². The number of benzene rings is 1. The molecule has 0 radical (unpaired) electrons. The van der Waals surface area contributed by atoms with Crippen molar-refractivity contribution in [1.82, 2.24) is 10.2 Å². The van der Waals surface area contributed by atoms with Crippen molar-refractivity contribution in [2.24, 2.45) is 0 Å². The van der Waals surface area contributed by atoms with Crippen LogP contribution in [0, 0.1) is 5.82 Å². The lowest BCUT2D eigenvalue weighted by molar-refractivity contribution is 0.151. The second-order valence-corrected chi connectivity index (χ2v) is 4.64. The van der Waals surface area contributed by atoms with Gasteiger partial charge in [-0.15, -0.1) is 12.4 Å². The molecule has 1 aromatic carbocycles. The number of piperazine rings is 1. The quantitative estimate of drug-likeness (QED) is 0.905. The van der Waals surface area contributed by atoms with E-state index in [-0.39, 0.29) is 30.7 Å². The fourth-order valence-corrected chi connectivity index (χ4v) is 2.63. The van der Waals surface area contributed by atoms with E-state index in [4.69, 9.17) is 4.74 Å². The van der Waals surface area contributed by atoms with Crippen LogP contribution in [0.1, 0.15) is 18.0 Å². The van der Waals surface area contributed by atoms with E-state index in [1.54, 1.807) is 12.1 Å². The zero-order valence-electron chi connectivity index (χ0n) is 11.6. The van der Waals surface area contributed by atoms with Crippen molar-refractivity contribution in [3.8, 4) is 5.75 Å². The number of halogens is 3. The van der Waals surface area contributed by atoms with Crippen LogP contribution in [0.4, 0.5) is 8.78 Å². The van der Waals surface area contributed by atoms with E-state index in [0.717, 1.165) is 26.2 Å². The molecule has 0 unspecified atom stereocenters. The molecule has 1 atom stereocenters. The molecular weight excluding hydrogens is 286 g/mol. The summed E-state index contributed by atoms with van der Waals surface area (Å²) in [6.45, 7) is 2.81. The van der Waals surface area contributed by atoms with Crippen LogP contribution in [0.5, 0.6) is 5.75 Å². The van der Waals surface area contributed by atoms with E-state index in [0.29, 0.717) is 11.3 Å². The van der Waals surface area contributed by atoms with Gasteiger partial charge >= 0.3 is 0 Å². The number of methoxy groups -OCH3 is 1. The summed E-state index contributed by atoms with van der Waals surface area (Å²) in [6, 6.07) is 4.49. The van der Waals surface area contributed by atoms with Crippen LogP contribution in [0.15, 0.2) is 18.2 Å². The second-order valence-electron chi connectivity index (χ2n) is 4.64. The third-order valence-corrected chi connectivity index (χ3v) is 3.54. The molecule has 6 heteroatoms. The SMILES string of the molecule is COc1cccc(F)c1[C@@H](CCF)N1CCNCC1.Cl. The topological polar surface area (TPSA) is 24.5 Å². The predicted molar refractivity (Wildman–Crippen MR) is 78.0 cm³/mol. The summed E-state index contributed by atoms with van der Waals surface area (Å²) in [5.74, 6) is 0.174. The summed E-state index contributed by atoms with van der Waals surface area (Å²) in [5.41, 5.74) is 0.476. The van der Waals surface area contributed by atoms with Crippen molar-refractivity contribution in [3.05, 3.63) is 29.6 Å². The molecule has 3 nitrogen and oxygen atoms in total. The van der Waals surface area contributed by atoms with Gasteiger partial charge in [-0.25, -0.2) is 4.39 Å². The summed E-state index contributed by atoms with van der Waals surface area (Å²) >= 11 is 0. The predicted octanol–water partition coefficient (Wildman–Crippen LogP) is 2.56. The standard InChI is InChI=1S/C14H20F2N2O.ClH/c1-19-13-4-2-3-11(16)14(13)12(5-6-15)18-9-7-17-8-10-18;/h2-4,12,17H,5-10H2,1H3;1H/t12-;/m1./s1. The fourth-order valence-electron chi connectivity index (χ4n) is 2.63. The van der Waals surface area contributed by atoms with Gasteiger partial charge in [-0.05, 0) is 18.6 Å². The van der Waals surface area contributed by atoms with Gasteiger partial charge in [0.15, 0.2) is 0 Å². The van der Waals surface area contributed by atoms with Crippen LogP contribution < -0.4 is 10.1 Å². The summed E-state index contributed by atoms with van der Waals surface area (Å²) < 4.78 is 32.2. The summed E-state index contributed by atoms with van der Waals surface area (Å²) in [4.78, 5) is 2.12. The summed E-state index contributed by atoms with van der Waals surface area (Å²) in [6.07, 6.45) is 0.289. The Balaban J connectivity index is 0.00000200. The Morgan fingerprint density at radius 3 is 2.65 bits per heavy atom. The molecule has 1 heterocycles. The first kappa shape index (κ1) is 17.1. The number of ether oxygens (including phenoxy) is 1. The Kier molecular flexibility index (Phi) is 7.19. The van der Waals surface area contributed by atoms with Crippen molar-refractivity contribution < 1.29 is 13.5 Å². The van der Waals surface area contributed by atoms with E-state index < -0.39 is 6.67 Å². The maximum absolute atomic E-state index is 14.1. The molecule has 0 aliphatic carbocycles. The normalized spacial score (nSPS) is 17.4. The monoisotopic (exact) mass is 306 g/mol. The molecule has 0 bridgehead atoms. The lowest BCUT2D eigenvalue weighted by Crippen LogP contribution is -2.45. The van der Waals surface area contributed by atoms with E-state index in [1.165, 1.54) is 13.2 Å². The third-order valence-electron chi connectivity index (χ3n) is 3.54. The van der Waals surface area contributed by atoms with Crippen LogP contribution in [-0.2, 0) is 0 Å². The van der Waals surface area contributed by atoms with Gasteiger partial charge in [0.25, 0.3) is 0 Å². The highest BCUT2D eigenvalue weighted by atomic mass is 35.5. The Bertz CT molecular complexity index is 414. The molecule has 1 N–H and O–H groups in total. The Hall–Kier alpha value is -0.910. The molecule has 1 fully saturated rings. The largest absolute Gasteiger partial charge is 0.496 e. The summed E-state index contributed by atoms with van der Waals surface area (Å²) in [7, 11) is 1.52. The van der Waals surface area contributed by atoms with Crippen LogP contribution in [-0.4, -0.2) is 44.9 Å². The first-order valence-electron chi connectivity index (χ1n) is 6.61. The minimum Gasteiger partial charge on any atom is -0.496 e. The molecular formula is C14H21ClF2N2O. The van der Waals surface area contributed by atoms with Gasteiger partial charge < -0.3 is 10.1 Å². The smallest absolute Gasteiger partial charge is 0.131 e. The van der Waals surface area contributed by atoms with E-state index >= 15 is 0 Å². The third kappa shape index (κ3) is 3.81. The second kappa shape index (κ2) is 8.39. The molecule has 2 rings (SSSR count). The van der Waals surface area contributed by atoms with Crippen LogP contribution in [0.25, 0.3) is 0 Å². The zero-order chi connectivity index (χ0) is 13.7. The average Bonchev–Trinajstić information content (AvgIpc) is 2.46. The molecule has 0 saturated carbocycles. The van der Waals surface area contributed by atoms with Gasteiger partial charge in [-0.2, -0.15) is 0 Å². The van der Waals surface area contributed by atoms with Crippen molar-refractivity contribution in [3.63, 3.8) is 0 Å². The van der Waals surface area contributed by atoms with Gasteiger partial charge in [0.05, 0.1) is 13.8 Å². The van der Waals surface area contributed by atoms with Crippen molar-refractivity contribution >= 4 is 12.4 Å². The molecule has 1 aliphatic rings. The van der Waals surface area contributed by atoms with Crippen molar-refractivity contribution in [2.75, 3.05) is 40.0 Å². The maximum atomic E-state index is 14.1. The molecule has 1 aromatic rings. The highest BCUT2D eigenvalue weighted by Crippen LogP contribution is 2.34. The highest BCUT2D eigenvalue weighted by Gasteiger charge is 2.27. The molecule has 0 spiro atoms. The average molecular weight is 307 g/mol. The lowest BCUT2D eigenvalue weighted by atomic mass is 10.00. The Morgan fingerprint density at radius 2 is 2.05 bits per heavy atom. The minimum atomic E-state index is -0.466. The molecule has 20 heavy (non-hydrogen) atoms. The fraction of sp³-hybridized carbons (Fsp3) is 0.571. The molecule has 0 amide bonds. The maximum Gasteiger partial charge on any atom is 0.131 e. The van der Waals surface area contributed by atoms with Crippen LogP contribution in [0.2, 0.25) is 0 Å². The van der Waals surface area contributed by atoms with Crippen molar-refractivity contribution in [2.45, 2.75) is 12.5 Å². The van der Waals surface area contributed by atoms with Gasteiger partial charge in [0.2, 0.25) is 0 Å². The number of rotatable bonds is 5. The van der Waals surface area contributed by atoms with Crippen molar-refractivity contribution in [1.29, 1.82) is 0 Å². The van der Waals surface area contributed by atoms with Crippen LogP contribution >= 0.6 is 12.4 Å². The number of alkyl halides is 1. The van der Waals surface area contributed by atoms with Crippen LogP contribution in [0.3, 0.4) is 0 Å². The molecule has 114 valence electrons. The zero-order valence-corrected chi connectivity index (χ0v) is 12.4. The molecule has 0 aromatic heterocycles. The number of nitrogens with zero attached hydrogens (tertiary/aromatic N) is 1. The van der Waals surface area contributed by atoms with E-state index in [1.807, 2.05) is 0 Å². The van der Waals surface area contributed by atoms with Gasteiger partial charge in [0, 0.05) is 37.8 Å². The molecule has 1 saturated heterocycles. The number of nitrogens with one attached hydrogen (secondary N) is 1. The van der Waals surface area contributed by atoms with E-state index in [2.05, 4.69) is 10.2 Å². The minimum absolute atomic E-state index is 0.